The first-order valence-electron chi connectivity index (χ1n) is 6.79. The van der Waals surface area contributed by atoms with Gasteiger partial charge in [-0.05, 0) is 42.9 Å². The summed E-state index contributed by atoms with van der Waals surface area (Å²) in [6.07, 6.45) is 5.20. The second kappa shape index (κ2) is 5.81. The number of nitrogens with two attached hydrogens (primary N) is 1. The molecule has 18 heavy (non-hydrogen) atoms. The third kappa shape index (κ3) is 2.90. The minimum absolute atomic E-state index is 0.224. The molecule has 1 fully saturated rings. The molecule has 1 aliphatic carbocycles. The molecule has 3 N–H and O–H groups in total. The largest absolute Gasteiger partial charge is 0.391 e. The lowest BCUT2D eigenvalue weighted by Crippen LogP contribution is -2.34. The van der Waals surface area contributed by atoms with Gasteiger partial charge in [0.1, 0.15) is 5.82 Å². The van der Waals surface area contributed by atoms with Gasteiger partial charge < -0.3 is 10.8 Å². The first-order valence-corrected chi connectivity index (χ1v) is 6.79. The molecule has 2 nitrogen and oxygen atoms in total. The summed E-state index contributed by atoms with van der Waals surface area (Å²) in [6, 6.07) is 4.44. The second-order valence-electron chi connectivity index (χ2n) is 5.42. The van der Waals surface area contributed by atoms with Gasteiger partial charge in [0.05, 0.1) is 12.1 Å². The lowest BCUT2D eigenvalue weighted by molar-refractivity contribution is 0.0617. The highest BCUT2D eigenvalue weighted by Crippen LogP contribution is 2.31. The van der Waals surface area contributed by atoms with E-state index >= 15 is 0 Å². The topological polar surface area (TPSA) is 46.2 Å². The minimum Gasteiger partial charge on any atom is -0.391 e. The van der Waals surface area contributed by atoms with Crippen molar-refractivity contribution in [1.29, 1.82) is 0 Å². The Labute approximate surface area is 108 Å². The predicted molar refractivity (Wildman–Crippen MR) is 70.6 cm³/mol. The summed E-state index contributed by atoms with van der Waals surface area (Å²) in [5, 5.41) is 10.3. The van der Waals surface area contributed by atoms with Crippen molar-refractivity contribution in [2.75, 3.05) is 0 Å². The molecule has 0 heterocycles. The fraction of sp³-hybridized carbons (Fsp3) is 0.600. The van der Waals surface area contributed by atoms with Gasteiger partial charge >= 0.3 is 0 Å². The molecule has 1 aliphatic rings. The smallest absolute Gasteiger partial charge is 0.126 e. The number of aryl methyl sites for hydroxylation is 1. The summed E-state index contributed by atoms with van der Waals surface area (Å²) >= 11 is 0. The molecule has 100 valence electrons. The quantitative estimate of drug-likeness (QED) is 0.867. The second-order valence-corrected chi connectivity index (χ2v) is 5.42. The zero-order valence-corrected chi connectivity index (χ0v) is 10.9. The van der Waals surface area contributed by atoms with Crippen LogP contribution in [0.5, 0.6) is 0 Å². The molecular formula is C15H22FNO. The van der Waals surface area contributed by atoms with Crippen LogP contribution in [0.1, 0.15) is 49.3 Å². The van der Waals surface area contributed by atoms with Crippen LogP contribution >= 0.6 is 0 Å². The molecule has 0 saturated heterocycles. The SMILES string of the molecule is Cc1cc([C@H](N)[C@H](O)C2CCCCC2)ccc1F. The molecule has 3 heteroatoms. The third-order valence-electron chi connectivity index (χ3n) is 4.07. The summed E-state index contributed by atoms with van der Waals surface area (Å²) in [7, 11) is 0. The number of rotatable bonds is 3. The van der Waals surface area contributed by atoms with Crippen molar-refractivity contribution >= 4 is 0 Å². The first-order chi connectivity index (χ1) is 8.59. The summed E-state index contributed by atoms with van der Waals surface area (Å²) in [5.41, 5.74) is 7.52. The number of aliphatic hydroxyl groups excluding tert-OH is 1. The molecular weight excluding hydrogens is 229 g/mol. The molecule has 0 radical (unpaired) electrons. The number of hydrogen-bond donors (Lipinski definition) is 2. The average molecular weight is 251 g/mol. The van der Waals surface area contributed by atoms with Crippen molar-refractivity contribution in [2.45, 2.75) is 51.2 Å². The molecule has 0 aromatic heterocycles. The predicted octanol–water partition coefficient (Wildman–Crippen LogP) is 3.08. The number of halogens is 1. The lowest BCUT2D eigenvalue weighted by Gasteiger charge is -2.30. The number of aliphatic hydroxyl groups is 1. The van der Waals surface area contributed by atoms with Crippen LogP contribution in [0.25, 0.3) is 0 Å². The zero-order chi connectivity index (χ0) is 13.1. The molecule has 1 aromatic rings. The van der Waals surface area contributed by atoms with Crippen molar-refractivity contribution in [1.82, 2.24) is 0 Å². The molecule has 0 unspecified atom stereocenters. The Bertz CT molecular complexity index is 401. The van der Waals surface area contributed by atoms with Gasteiger partial charge in [-0.15, -0.1) is 0 Å². The van der Waals surface area contributed by atoms with Gasteiger partial charge in [0.15, 0.2) is 0 Å². The van der Waals surface area contributed by atoms with Gasteiger partial charge in [-0.3, -0.25) is 0 Å². The van der Waals surface area contributed by atoms with E-state index in [1.54, 1.807) is 19.1 Å². The van der Waals surface area contributed by atoms with Crippen LogP contribution < -0.4 is 5.73 Å². The standard InChI is InChI=1S/C15H22FNO/c1-10-9-12(7-8-13(10)16)14(17)15(18)11-5-3-2-4-6-11/h7-9,11,14-15,18H,2-6,17H2,1H3/t14-,15+/m0/s1. The van der Waals surface area contributed by atoms with E-state index in [1.807, 2.05) is 0 Å². The van der Waals surface area contributed by atoms with E-state index < -0.39 is 12.1 Å². The monoisotopic (exact) mass is 251 g/mol. The number of benzene rings is 1. The Morgan fingerprint density at radius 3 is 2.56 bits per heavy atom. The highest BCUT2D eigenvalue weighted by molar-refractivity contribution is 5.27. The van der Waals surface area contributed by atoms with Crippen LogP contribution in [0.3, 0.4) is 0 Å². The van der Waals surface area contributed by atoms with Crippen LogP contribution in [0.4, 0.5) is 4.39 Å². The van der Waals surface area contributed by atoms with Gasteiger partial charge in [-0.25, -0.2) is 4.39 Å². The van der Waals surface area contributed by atoms with Crippen LogP contribution in [-0.2, 0) is 0 Å². The number of hydrogen-bond acceptors (Lipinski definition) is 2. The van der Waals surface area contributed by atoms with E-state index in [2.05, 4.69) is 0 Å². The highest BCUT2D eigenvalue weighted by atomic mass is 19.1. The molecule has 0 spiro atoms. The molecule has 0 aliphatic heterocycles. The Kier molecular flexibility index (Phi) is 4.36. The molecule has 2 atom stereocenters. The summed E-state index contributed by atoms with van der Waals surface area (Å²) < 4.78 is 13.2. The fourth-order valence-corrected chi connectivity index (χ4v) is 2.84. The van der Waals surface area contributed by atoms with E-state index in [4.69, 9.17) is 5.73 Å². The van der Waals surface area contributed by atoms with Crippen molar-refractivity contribution in [3.63, 3.8) is 0 Å². The van der Waals surface area contributed by atoms with E-state index in [0.29, 0.717) is 11.5 Å². The molecule has 0 bridgehead atoms. The molecule has 1 aromatic carbocycles. The maximum absolute atomic E-state index is 13.2. The maximum Gasteiger partial charge on any atom is 0.126 e. The molecule has 0 amide bonds. The Balaban J connectivity index is 2.09. The van der Waals surface area contributed by atoms with Gasteiger partial charge in [-0.1, -0.05) is 31.4 Å². The van der Waals surface area contributed by atoms with E-state index in [0.717, 1.165) is 18.4 Å². The van der Waals surface area contributed by atoms with Crippen molar-refractivity contribution < 1.29 is 9.50 Å². The van der Waals surface area contributed by atoms with Crippen LogP contribution in [0.2, 0.25) is 0 Å². The van der Waals surface area contributed by atoms with Gasteiger partial charge in [0.2, 0.25) is 0 Å². The lowest BCUT2D eigenvalue weighted by atomic mass is 9.81. The Morgan fingerprint density at radius 1 is 1.28 bits per heavy atom. The van der Waals surface area contributed by atoms with E-state index in [9.17, 15) is 9.50 Å². The van der Waals surface area contributed by atoms with Gasteiger partial charge in [0, 0.05) is 0 Å². The molecule has 1 saturated carbocycles. The Hall–Kier alpha value is -0.930. The van der Waals surface area contributed by atoms with Gasteiger partial charge in [-0.2, -0.15) is 0 Å². The van der Waals surface area contributed by atoms with Gasteiger partial charge in [0.25, 0.3) is 0 Å². The van der Waals surface area contributed by atoms with Crippen LogP contribution in [-0.4, -0.2) is 11.2 Å². The summed E-state index contributed by atoms with van der Waals surface area (Å²) in [6.45, 7) is 1.72. The van der Waals surface area contributed by atoms with Crippen LogP contribution in [0.15, 0.2) is 18.2 Å². The third-order valence-corrected chi connectivity index (χ3v) is 4.07. The van der Waals surface area contributed by atoms with Crippen molar-refractivity contribution in [2.24, 2.45) is 11.7 Å². The van der Waals surface area contributed by atoms with E-state index in [1.165, 1.54) is 25.3 Å². The maximum atomic E-state index is 13.2. The van der Waals surface area contributed by atoms with E-state index in [-0.39, 0.29) is 5.82 Å². The summed E-state index contributed by atoms with van der Waals surface area (Å²) in [5.74, 6) is 0.0669. The fourth-order valence-electron chi connectivity index (χ4n) is 2.84. The Morgan fingerprint density at radius 2 is 1.94 bits per heavy atom. The normalized spacial score (nSPS) is 20.7. The van der Waals surface area contributed by atoms with Crippen molar-refractivity contribution in [3.8, 4) is 0 Å². The average Bonchev–Trinajstić information content (AvgIpc) is 2.41. The summed E-state index contributed by atoms with van der Waals surface area (Å²) in [4.78, 5) is 0. The highest BCUT2D eigenvalue weighted by Gasteiger charge is 2.27. The zero-order valence-electron chi connectivity index (χ0n) is 10.9. The minimum atomic E-state index is -0.518. The first kappa shape index (κ1) is 13.5. The van der Waals surface area contributed by atoms with Crippen LogP contribution in [0, 0.1) is 18.7 Å². The van der Waals surface area contributed by atoms with Crippen molar-refractivity contribution in [3.05, 3.63) is 35.1 Å². The molecule has 2 rings (SSSR count).